The minimum Gasteiger partial charge on any atom is -0.496 e. The minimum atomic E-state index is 0.0764. The van der Waals surface area contributed by atoms with Crippen molar-refractivity contribution in [3.05, 3.63) is 35.1 Å². The molecule has 2 rings (SSSR count). The highest BCUT2D eigenvalue weighted by Gasteiger charge is 2.07. The molecule has 0 unspecified atom stereocenters. The van der Waals surface area contributed by atoms with E-state index in [0.717, 1.165) is 21.3 Å². The second kappa shape index (κ2) is 6.67. The summed E-state index contributed by atoms with van der Waals surface area (Å²) in [6.45, 7) is 0.584. The third-order valence-corrected chi connectivity index (χ3v) is 3.52. The Labute approximate surface area is 126 Å². The lowest BCUT2D eigenvalue weighted by Crippen LogP contribution is -2.23. The summed E-state index contributed by atoms with van der Waals surface area (Å²) in [7, 11) is 3.48. The van der Waals surface area contributed by atoms with E-state index in [-0.39, 0.29) is 6.61 Å². The van der Waals surface area contributed by atoms with Crippen molar-refractivity contribution in [2.45, 2.75) is 0 Å². The number of nitrogens with zero attached hydrogens (tertiary/aromatic N) is 3. The van der Waals surface area contributed by atoms with E-state index in [4.69, 9.17) is 9.84 Å². The predicted octanol–water partition coefficient (Wildman–Crippen LogP) is 2.34. The van der Waals surface area contributed by atoms with E-state index in [1.165, 1.54) is 0 Å². The fourth-order valence-electron chi connectivity index (χ4n) is 1.76. The van der Waals surface area contributed by atoms with Gasteiger partial charge in [-0.15, -0.1) is 0 Å². The van der Waals surface area contributed by atoms with Crippen LogP contribution in [0, 0.1) is 0 Å². The highest BCUT2D eigenvalue weighted by Crippen LogP contribution is 2.30. The summed E-state index contributed by atoms with van der Waals surface area (Å²) in [5.41, 5.74) is 1.93. The quantitative estimate of drug-likeness (QED) is 0.907. The molecular weight excluding hydrogens is 322 g/mol. The number of hydrogen-bond donors (Lipinski definition) is 1. The van der Waals surface area contributed by atoms with Gasteiger partial charge in [0.25, 0.3) is 0 Å². The summed E-state index contributed by atoms with van der Waals surface area (Å²) < 4.78 is 6.09. The molecule has 1 aromatic carbocycles. The van der Waals surface area contributed by atoms with E-state index in [1.807, 2.05) is 25.2 Å². The van der Waals surface area contributed by atoms with Gasteiger partial charge in [0.05, 0.1) is 18.2 Å². The van der Waals surface area contributed by atoms with Gasteiger partial charge in [0.2, 0.25) is 5.95 Å². The first-order valence-electron chi connectivity index (χ1n) is 6.13. The number of aliphatic hydroxyl groups is 1. The number of aliphatic hydroxyl groups excluding tert-OH is 1. The Bertz CT molecular complexity index is 575. The Morgan fingerprint density at radius 3 is 2.50 bits per heavy atom. The molecule has 0 saturated heterocycles. The van der Waals surface area contributed by atoms with Crippen molar-refractivity contribution in [2.75, 3.05) is 32.2 Å². The van der Waals surface area contributed by atoms with Crippen molar-refractivity contribution >= 4 is 21.9 Å². The normalized spacial score (nSPS) is 10.4. The van der Waals surface area contributed by atoms with Crippen LogP contribution < -0.4 is 9.64 Å². The average molecular weight is 338 g/mol. The summed E-state index contributed by atoms with van der Waals surface area (Å²) in [6.07, 6.45) is 3.54. The molecule has 0 amide bonds. The fraction of sp³-hybridized carbons (Fsp3) is 0.286. The van der Waals surface area contributed by atoms with Crippen LogP contribution in [0.3, 0.4) is 0 Å². The van der Waals surface area contributed by atoms with Gasteiger partial charge < -0.3 is 14.7 Å². The number of halogens is 1. The van der Waals surface area contributed by atoms with E-state index in [0.29, 0.717) is 12.5 Å². The van der Waals surface area contributed by atoms with Crippen LogP contribution in [0.4, 0.5) is 5.95 Å². The smallest absolute Gasteiger partial charge is 0.225 e. The molecular formula is C14H16BrN3O2. The van der Waals surface area contributed by atoms with E-state index >= 15 is 0 Å². The highest BCUT2D eigenvalue weighted by atomic mass is 79.9. The first kappa shape index (κ1) is 14.7. The summed E-state index contributed by atoms with van der Waals surface area (Å²) >= 11 is 3.46. The molecule has 0 aliphatic carbocycles. The fourth-order valence-corrected chi connectivity index (χ4v) is 2.30. The maximum absolute atomic E-state index is 8.90. The van der Waals surface area contributed by atoms with Crippen LogP contribution in [-0.4, -0.2) is 42.4 Å². The largest absolute Gasteiger partial charge is 0.496 e. The van der Waals surface area contributed by atoms with Gasteiger partial charge in [0, 0.05) is 31.5 Å². The first-order valence-corrected chi connectivity index (χ1v) is 6.93. The van der Waals surface area contributed by atoms with E-state index in [9.17, 15) is 0 Å². The van der Waals surface area contributed by atoms with Gasteiger partial charge in [0.15, 0.2) is 0 Å². The number of aromatic nitrogens is 2. The summed E-state index contributed by atoms with van der Waals surface area (Å²) in [5, 5.41) is 8.90. The summed E-state index contributed by atoms with van der Waals surface area (Å²) in [6, 6.07) is 5.82. The van der Waals surface area contributed by atoms with Crippen molar-refractivity contribution in [3.63, 3.8) is 0 Å². The third kappa shape index (κ3) is 3.26. The predicted molar refractivity (Wildman–Crippen MR) is 82.1 cm³/mol. The molecule has 5 nitrogen and oxygen atoms in total. The topological polar surface area (TPSA) is 58.5 Å². The molecule has 1 N–H and O–H groups in total. The number of rotatable bonds is 5. The van der Waals surface area contributed by atoms with Crippen LogP contribution in [0.1, 0.15) is 0 Å². The molecule has 6 heteroatoms. The molecule has 0 fully saturated rings. The molecule has 106 valence electrons. The highest BCUT2D eigenvalue weighted by molar-refractivity contribution is 9.10. The Morgan fingerprint density at radius 2 is 1.95 bits per heavy atom. The van der Waals surface area contributed by atoms with E-state index in [1.54, 1.807) is 24.4 Å². The standard InChI is InChI=1S/C14H16BrN3O2/c1-18(5-6-19)14-16-8-11(9-17-14)10-3-4-13(20-2)12(15)7-10/h3-4,7-9,19H,5-6H2,1-2H3. The van der Waals surface area contributed by atoms with Crippen LogP contribution in [0.2, 0.25) is 0 Å². The molecule has 2 aromatic rings. The van der Waals surface area contributed by atoms with E-state index < -0.39 is 0 Å². The van der Waals surface area contributed by atoms with Crippen molar-refractivity contribution in [1.29, 1.82) is 0 Å². The van der Waals surface area contributed by atoms with Crippen LogP contribution in [0.5, 0.6) is 5.75 Å². The van der Waals surface area contributed by atoms with Crippen LogP contribution in [0.25, 0.3) is 11.1 Å². The van der Waals surface area contributed by atoms with E-state index in [2.05, 4.69) is 25.9 Å². The monoisotopic (exact) mass is 337 g/mol. The first-order chi connectivity index (χ1) is 9.65. The number of methoxy groups -OCH3 is 1. The SMILES string of the molecule is COc1ccc(-c2cnc(N(C)CCO)nc2)cc1Br. The average Bonchev–Trinajstić information content (AvgIpc) is 2.47. The molecule has 0 bridgehead atoms. The number of benzene rings is 1. The van der Waals surface area contributed by atoms with Crippen molar-refractivity contribution < 1.29 is 9.84 Å². The van der Waals surface area contributed by atoms with Crippen molar-refractivity contribution in [2.24, 2.45) is 0 Å². The Morgan fingerprint density at radius 1 is 1.25 bits per heavy atom. The van der Waals surface area contributed by atoms with Gasteiger partial charge in [-0.25, -0.2) is 9.97 Å². The molecule has 0 spiro atoms. The number of ether oxygens (including phenoxy) is 1. The molecule has 0 aliphatic rings. The lowest BCUT2D eigenvalue weighted by atomic mass is 10.1. The molecule has 0 aliphatic heterocycles. The van der Waals surface area contributed by atoms with Gasteiger partial charge in [-0.3, -0.25) is 0 Å². The number of anilines is 1. The Kier molecular flexibility index (Phi) is 4.92. The maximum atomic E-state index is 8.90. The lowest BCUT2D eigenvalue weighted by Gasteiger charge is -2.15. The van der Waals surface area contributed by atoms with Crippen molar-refractivity contribution in [3.8, 4) is 16.9 Å². The third-order valence-electron chi connectivity index (χ3n) is 2.90. The van der Waals surface area contributed by atoms with Gasteiger partial charge >= 0.3 is 0 Å². The van der Waals surface area contributed by atoms with Crippen LogP contribution >= 0.6 is 15.9 Å². The molecule has 0 atom stereocenters. The molecule has 0 radical (unpaired) electrons. The van der Waals surface area contributed by atoms with Crippen LogP contribution in [-0.2, 0) is 0 Å². The zero-order valence-corrected chi connectivity index (χ0v) is 13.0. The van der Waals surface area contributed by atoms with Crippen LogP contribution in [0.15, 0.2) is 35.1 Å². The minimum absolute atomic E-state index is 0.0764. The second-order valence-electron chi connectivity index (χ2n) is 4.27. The maximum Gasteiger partial charge on any atom is 0.225 e. The molecule has 1 heterocycles. The summed E-state index contributed by atoms with van der Waals surface area (Å²) in [5.74, 6) is 1.38. The molecule has 1 aromatic heterocycles. The molecule has 20 heavy (non-hydrogen) atoms. The van der Waals surface area contributed by atoms with Gasteiger partial charge in [-0.2, -0.15) is 0 Å². The van der Waals surface area contributed by atoms with Gasteiger partial charge in [-0.1, -0.05) is 6.07 Å². The lowest BCUT2D eigenvalue weighted by molar-refractivity contribution is 0.303. The summed E-state index contributed by atoms with van der Waals surface area (Å²) in [4.78, 5) is 10.4. The van der Waals surface area contributed by atoms with Gasteiger partial charge in [0.1, 0.15) is 5.75 Å². The second-order valence-corrected chi connectivity index (χ2v) is 5.12. The van der Waals surface area contributed by atoms with Gasteiger partial charge in [-0.05, 0) is 33.6 Å². The number of likely N-dealkylation sites (N-methyl/N-ethyl adjacent to an activating group) is 1. The zero-order valence-electron chi connectivity index (χ0n) is 11.4. The van der Waals surface area contributed by atoms with Crippen molar-refractivity contribution in [1.82, 2.24) is 9.97 Å². The number of hydrogen-bond acceptors (Lipinski definition) is 5. The molecule has 0 saturated carbocycles. The Balaban J connectivity index is 2.23. The zero-order chi connectivity index (χ0) is 14.5. The Hall–Kier alpha value is -1.66.